The van der Waals surface area contributed by atoms with Gasteiger partial charge in [-0.2, -0.15) is 0 Å². The van der Waals surface area contributed by atoms with Crippen LogP contribution in [0, 0.1) is 5.41 Å². The van der Waals surface area contributed by atoms with Gasteiger partial charge in [0.1, 0.15) is 0 Å². The van der Waals surface area contributed by atoms with Gasteiger partial charge in [0.2, 0.25) is 5.91 Å². The molecule has 0 bridgehead atoms. The highest BCUT2D eigenvalue weighted by Crippen LogP contribution is 2.34. The van der Waals surface area contributed by atoms with Crippen LogP contribution in [0.4, 0.5) is 0 Å². The van der Waals surface area contributed by atoms with Gasteiger partial charge in [-0.05, 0) is 32.4 Å². The van der Waals surface area contributed by atoms with Gasteiger partial charge < -0.3 is 20.5 Å². The number of ether oxygens (including phenoxy) is 1. The number of hydrogen-bond donors (Lipinski definition) is 3. The number of carbonyl (C=O) groups excluding carboxylic acids is 1. The average Bonchev–Trinajstić information content (AvgIpc) is 2.44. The quantitative estimate of drug-likeness (QED) is 0.613. The third-order valence-electron chi connectivity index (χ3n) is 4.00. The summed E-state index contributed by atoms with van der Waals surface area (Å²) in [5.74, 6) is -0.885. The fraction of sp³-hybridized carbons (Fsp3) is 0.857. The maximum atomic E-state index is 12.5. The second-order valence-corrected chi connectivity index (χ2v) is 5.45. The fourth-order valence-electron chi connectivity index (χ4n) is 2.80. The number of aliphatic carboxylic acids is 1. The summed E-state index contributed by atoms with van der Waals surface area (Å²) in [6.07, 6.45) is 2.94. The molecule has 0 aromatic heterocycles. The molecule has 1 rings (SSSR count). The zero-order valence-corrected chi connectivity index (χ0v) is 12.4. The highest BCUT2D eigenvalue weighted by Gasteiger charge is 2.38. The molecule has 1 amide bonds. The standard InChI is InChI=1S/C14H26N2O4/c1-3-4-14(5-7-15-8-6-14)13(19)16-10-11(20-2)9-12(17)18/h11,15H,3-10H2,1-2H3,(H,16,19)(H,17,18). The largest absolute Gasteiger partial charge is 0.481 e. The summed E-state index contributed by atoms with van der Waals surface area (Å²) < 4.78 is 5.08. The number of nitrogens with one attached hydrogen (secondary N) is 2. The van der Waals surface area contributed by atoms with E-state index >= 15 is 0 Å². The molecule has 1 unspecified atom stereocenters. The van der Waals surface area contributed by atoms with E-state index in [2.05, 4.69) is 17.6 Å². The summed E-state index contributed by atoms with van der Waals surface area (Å²) in [6.45, 7) is 4.05. The van der Waals surface area contributed by atoms with Crippen LogP contribution in [0.15, 0.2) is 0 Å². The summed E-state index contributed by atoms with van der Waals surface area (Å²) in [5.41, 5.74) is -0.304. The number of carboxylic acid groups (broad SMARTS) is 1. The van der Waals surface area contributed by atoms with Crippen LogP contribution in [0.5, 0.6) is 0 Å². The molecular weight excluding hydrogens is 260 g/mol. The lowest BCUT2D eigenvalue weighted by Crippen LogP contribution is -2.49. The zero-order chi connectivity index (χ0) is 15.0. The molecule has 20 heavy (non-hydrogen) atoms. The number of rotatable bonds is 8. The molecule has 1 aliphatic heterocycles. The molecule has 6 heteroatoms. The molecule has 6 nitrogen and oxygen atoms in total. The molecule has 0 aliphatic carbocycles. The van der Waals surface area contributed by atoms with Crippen LogP contribution >= 0.6 is 0 Å². The molecule has 116 valence electrons. The molecule has 0 saturated carbocycles. The topological polar surface area (TPSA) is 87.7 Å². The van der Waals surface area contributed by atoms with Crippen molar-refractivity contribution in [2.45, 2.75) is 45.1 Å². The lowest BCUT2D eigenvalue weighted by atomic mass is 9.74. The molecule has 1 heterocycles. The number of carboxylic acids is 1. The summed E-state index contributed by atoms with van der Waals surface area (Å²) in [6, 6.07) is 0. The molecular formula is C14H26N2O4. The first kappa shape index (κ1) is 16.9. The van der Waals surface area contributed by atoms with Crippen molar-refractivity contribution < 1.29 is 19.4 Å². The number of hydrogen-bond acceptors (Lipinski definition) is 4. The Kier molecular flexibility index (Phi) is 6.95. The molecule has 1 saturated heterocycles. The minimum atomic E-state index is -0.920. The van der Waals surface area contributed by atoms with Gasteiger partial charge in [-0.1, -0.05) is 13.3 Å². The summed E-state index contributed by atoms with van der Waals surface area (Å²) in [4.78, 5) is 23.2. The summed E-state index contributed by atoms with van der Waals surface area (Å²) in [7, 11) is 1.46. The minimum absolute atomic E-state index is 0.0355. The van der Waals surface area contributed by atoms with Crippen LogP contribution in [0.2, 0.25) is 0 Å². The van der Waals surface area contributed by atoms with Crippen LogP contribution in [0.1, 0.15) is 39.0 Å². The maximum Gasteiger partial charge on any atom is 0.306 e. The van der Waals surface area contributed by atoms with Crippen LogP contribution in [-0.4, -0.2) is 49.8 Å². The Morgan fingerprint density at radius 2 is 2.05 bits per heavy atom. The predicted molar refractivity (Wildman–Crippen MR) is 75.5 cm³/mol. The lowest BCUT2D eigenvalue weighted by molar-refractivity contribution is -0.141. The highest BCUT2D eigenvalue weighted by molar-refractivity contribution is 5.82. The van der Waals surface area contributed by atoms with E-state index in [4.69, 9.17) is 9.84 Å². The van der Waals surface area contributed by atoms with Crippen molar-refractivity contribution >= 4 is 11.9 Å². The number of methoxy groups -OCH3 is 1. The molecule has 1 atom stereocenters. The Morgan fingerprint density at radius 1 is 1.40 bits per heavy atom. The second kappa shape index (κ2) is 8.21. The first-order valence-corrected chi connectivity index (χ1v) is 7.27. The third kappa shape index (κ3) is 4.76. The van der Waals surface area contributed by atoms with Crippen molar-refractivity contribution in [3.63, 3.8) is 0 Å². The number of amides is 1. The molecule has 3 N–H and O–H groups in total. The number of piperidine rings is 1. The molecule has 1 fully saturated rings. The van der Waals surface area contributed by atoms with E-state index in [1.165, 1.54) is 7.11 Å². The van der Waals surface area contributed by atoms with Gasteiger partial charge in [0.15, 0.2) is 0 Å². The normalized spacial score (nSPS) is 19.3. The van der Waals surface area contributed by atoms with E-state index in [0.29, 0.717) is 0 Å². The van der Waals surface area contributed by atoms with Crippen LogP contribution in [-0.2, 0) is 14.3 Å². The Bertz CT molecular complexity index is 322. The second-order valence-electron chi connectivity index (χ2n) is 5.45. The lowest BCUT2D eigenvalue weighted by Gasteiger charge is -2.36. The number of carbonyl (C=O) groups is 2. The summed E-state index contributed by atoms with van der Waals surface area (Å²) >= 11 is 0. The monoisotopic (exact) mass is 286 g/mol. The van der Waals surface area contributed by atoms with Crippen molar-refractivity contribution in [1.29, 1.82) is 0 Å². The van der Waals surface area contributed by atoms with Gasteiger partial charge in [0.25, 0.3) is 0 Å². The van der Waals surface area contributed by atoms with E-state index in [9.17, 15) is 9.59 Å². The Balaban J connectivity index is 2.55. The zero-order valence-electron chi connectivity index (χ0n) is 12.4. The predicted octanol–water partition coefficient (Wildman–Crippen LogP) is 0.762. The highest BCUT2D eigenvalue weighted by atomic mass is 16.5. The van der Waals surface area contributed by atoms with E-state index in [1.54, 1.807) is 0 Å². The molecule has 0 radical (unpaired) electrons. The van der Waals surface area contributed by atoms with Gasteiger partial charge in [-0.15, -0.1) is 0 Å². The Morgan fingerprint density at radius 3 is 2.55 bits per heavy atom. The van der Waals surface area contributed by atoms with E-state index in [1.807, 2.05) is 0 Å². The van der Waals surface area contributed by atoms with E-state index < -0.39 is 12.1 Å². The average molecular weight is 286 g/mol. The SMILES string of the molecule is CCCC1(C(=O)NCC(CC(=O)O)OC)CCNCC1. The van der Waals surface area contributed by atoms with E-state index in [0.717, 1.165) is 38.8 Å². The van der Waals surface area contributed by atoms with Crippen LogP contribution < -0.4 is 10.6 Å². The van der Waals surface area contributed by atoms with Gasteiger partial charge in [0, 0.05) is 13.7 Å². The van der Waals surface area contributed by atoms with Gasteiger partial charge in [0.05, 0.1) is 17.9 Å². The molecule has 1 aliphatic rings. The first-order chi connectivity index (χ1) is 9.54. The molecule has 0 aromatic carbocycles. The minimum Gasteiger partial charge on any atom is -0.481 e. The van der Waals surface area contributed by atoms with Crippen molar-refractivity contribution in [2.75, 3.05) is 26.7 Å². The van der Waals surface area contributed by atoms with E-state index in [-0.39, 0.29) is 24.3 Å². The van der Waals surface area contributed by atoms with Crippen LogP contribution in [0.3, 0.4) is 0 Å². The van der Waals surface area contributed by atoms with Gasteiger partial charge in [-0.25, -0.2) is 0 Å². The first-order valence-electron chi connectivity index (χ1n) is 7.27. The third-order valence-corrected chi connectivity index (χ3v) is 4.00. The maximum absolute atomic E-state index is 12.5. The molecule has 0 aromatic rings. The van der Waals surface area contributed by atoms with Crippen molar-refractivity contribution in [3.8, 4) is 0 Å². The van der Waals surface area contributed by atoms with Crippen molar-refractivity contribution in [3.05, 3.63) is 0 Å². The van der Waals surface area contributed by atoms with Gasteiger partial charge in [-0.3, -0.25) is 9.59 Å². The van der Waals surface area contributed by atoms with Gasteiger partial charge >= 0.3 is 5.97 Å². The van der Waals surface area contributed by atoms with Crippen LogP contribution in [0.25, 0.3) is 0 Å². The Labute approximate surface area is 120 Å². The van der Waals surface area contributed by atoms with Crippen molar-refractivity contribution in [2.24, 2.45) is 5.41 Å². The molecule has 0 spiro atoms. The smallest absolute Gasteiger partial charge is 0.306 e. The summed E-state index contributed by atoms with van der Waals surface area (Å²) in [5, 5.41) is 14.9. The Hall–Kier alpha value is -1.14. The van der Waals surface area contributed by atoms with Crippen molar-refractivity contribution in [1.82, 2.24) is 10.6 Å². The fourth-order valence-corrected chi connectivity index (χ4v) is 2.80.